The van der Waals surface area contributed by atoms with Crippen molar-refractivity contribution < 1.29 is 0 Å². The molecule has 0 nitrogen and oxygen atoms in total. The lowest BCUT2D eigenvalue weighted by Crippen LogP contribution is -2.21. The van der Waals surface area contributed by atoms with Crippen LogP contribution in [0.5, 0.6) is 0 Å². The summed E-state index contributed by atoms with van der Waals surface area (Å²) in [5.74, 6) is 0.800. The summed E-state index contributed by atoms with van der Waals surface area (Å²) in [6.45, 7) is 7.21. The van der Waals surface area contributed by atoms with Crippen molar-refractivity contribution in [2.24, 2.45) is 5.92 Å². The minimum atomic E-state index is -0.0500. The highest BCUT2D eigenvalue weighted by Gasteiger charge is 2.39. The van der Waals surface area contributed by atoms with Crippen molar-refractivity contribution in [1.82, 2.24) is 0 Å². The van der Waals surface area contributed by atoms with E-state index in [9.17, 15) is 0 Å². The molecule has 0 amide bonds. The van der Waals surface area contributed by atoms with Crippen molar-refractivity contribution in [3.8, 4) is 11.1 Å². The molecule has 0 heteroatoms. The molecule has 0 fully saturated rings. The monoisotopic (exact) mass is 450 g/mol. The second-order valence-corrected chi connectivity index (χ2v) is 10.9. The molecule has 2 bridgehead atoms. The minimum Gasteiger partial charge on any atom is -0.0622 e. The second-order valence-electron chi connectivity index (χ2n) is 10.9. The van der Waals surface area contributed by atoms with Crippen LogP contribution >= 0.6 is 0 Å². The Balaban J connectivity index is 1.38. The van der Waals surface area contributed by atoms with Crippen molar-refractivity contribution in [3.63, 3.8) is 0 Å². The predicted octanol–water partition coefficient (Wildman–Crippen LogP) is 8.80. The van der Waals surface area contributed by atoms with E-state index in [0.717, 1.165) is 6.42 Å². The second kappa shape index (κ2) is 7.43. The predicted molar refractivity (Wildman–Crippen MR) is 148 cm³/mol. The van der Waals surface area contributed by atoms with Gasteiger partial charge in [0.25, 0.3) is 0 Å². The Hall–Kier alpha value is -3.64. The third kappa shape index (κ3) is 2.93. The molecule has 35 heavy (non-hydrogen) atoms. The Morgan fingerprint density at radius 3 is 2.17 bits per heavy atom. The normalized spacial score (nSPS) is 20.9. The summed E-state index contributed by atoms with van der Waals surface area (Å²) in [5.41, 5.74) is 15.8. The van der Waals surface area contributed by atoms with Gasteiger partial charge in [0.1, 0.15) is 0 Å². The molecule has 0 spiro atoms. The molecule has 7 rings (SSSR count). The van der Waals surface area contributed by atoms with Crippen LogP contribution in [0, 0.1) is 5.92 Å². The number of hydrogen-bond donors (Lipinski definition) is 0. The van der Waals surface area contributed by atoms with E-state index in [4.69, 9.17) is 0 Å². The van der Waals surface area contributed by atoms with Gasteiger partial charge in [-0.15, -0.1) is 0 Å². The van der Waals surface area contributed by atoms with Crippen molar-refractivity contribution in [3.05, 3.63) is 142 Å². The molecule has 0 aliphatic heterocycles. The zero-order chi connectivity index (χ0) is 23.7. The molecule has 170 valence electrons. The topological polar surface area (TPSA) is 0 Å². The highest BCUT2D eigenvalue weighted by atomic mass is 14.4. The average molecular weight is 451 g/mol. The summed E-state index contributed by atoms with van der Waals surface area (Å²) in [6, 6.07) is 34.2. The number of rotatable bonds is 2. The first-order valence-electron chi connectivity index (χ1n) is 12.9. The lowest BCUT2D eigenvalue weighted by molar-refractivity contribution is 0.636. The van der Waals surface area contributed by atoms with Gasteiger partial charge in [-0.1, -0.05) is 124 Å². The number of allylic oxidation sites excluding steroid dienone is 4. The lowest BCUT2D eigenvalue weighted by Gasteiger charge is -2.29. The maximum absolute atomic E-state index is 2.52. The van der Waals surface area contributed by atoms with Crippen LogP contribution in [0.2, 0.25) is 0 Å². The first-order chi connectivity index (χ1) is 17.0. The van der Waals surface area contributed by atoms with E-state index in [1.807, 2.05) is 0 Å². The van der Waals surface area contributed by atoms with Gasteiger partial charge in [0.2, 0.25) is 0 Å². The van der Waals surface area contributed by atoms with Crippen LogP contribution in [0.25, 0.3) is 22.3 Å². The van der Waals surface area contributed by atoms with Gasteiger partial charge in [-0.05, 0) is 67.6 Å². The van der Waals surface area contributed by atoms with Gasteiger partial charge in [0, 0.05) is 17.3 Å². The molecule has 4 aromatic rings. The zero-order valence-corrected chi connectivity index (χ0v) is 20.7. The van der Waals surface area contributed by atoms with Crippen LogP contribution in [-0.4, -0.2) is 0 Å². The lowest BCUT2D eigenvalue weighted by atomic mass is 9.74. The van der Waals surface area contributed by atoms with Crippen LogP contribution in [0.3, 0.4) is 0 Å². The first-order valence-corrected chi connectivity index (χ1v) is 12.9. The molecule has 2 atom stereocenters. The van der Waals surface area contributed by atoms with Crippen molar-refractivity contribution in [2.75, 3.05) is 0 Å². The summed E-state index contributed by atoms with van der Waals surface area (Å²) >= 11 is 0. The van der Waals surface area contributed by atoms with Crippen molar-refractivity contribution in [1.29, 1.82) is 0 Å². The van der Waals surface area contributed by atoms with Crippen LogP contribution in [0.1, 0.15) is 65.6 Å². The molecule has 0 saturated heterocycles. The van der Waals surface area contributed by atoms with Crippen LogP contribution in [0.4, 0.5) is 0 Å². The fraction of sp³-hybridized carbons (Fsp3) is 0.200. The number of hydrogen-bond acceptors (Lipinski definition) is 0. The Labute approximate surface area is 208 Å². The highest BCUT2D eigenvalue weighted by molar-refractivity contribution is 5.89. The third-order valence-corrected chi connectivity index (χ3v) is 8.80. The SMILES string of the molecule is CC1C(c2ccccc2)=CC=C1c1ccc2c(c1)C(C)(C)c1cccc3c1CC2c1ccccc1-3. The maximum Gasteiger partial charge on any atom is 0.0152 e. The van der Waals surface area contributed by atoms with Crippen molar-refractivity contribution >= 4 is 11.1 Å². The Morgan fingerprint density at radius 2 is 1.34 bits per heavy atom. The van der Waals surface area contributed by atoms with Crippen LogP contribution in [-0.2, 0) is 11.8 Å². The number of benzene rings is 4. The van der Waals surface area contributed by atoms with E-state index < -0.39 is 0 Å². The molecule has 0 N–H and O–H groups in total. The smallest absolute Gasteiger partial charge is 0.0152 e. The summed E-state index contributed by atoms with van der Waals surface area (Å²) in [7, 11) is 0. The van der Waals surface area contributed by atoms with Crippen molar-refractivity contribution in [2.45, 2.75) is 38.5 Å². The first kappa shape index (κ1) is 20.7. The Kier molecular flexibility index (Phi) is 4.39. The molecule has 0 heterocycles. The van der Waals surface area contributed by atoms with Gasteiger partial charge in [-0.2, -0.15) is 0 Å². The van der Waals surface area contributed by atoms with E-state index in [1.54, 1.807) is 5.56 Å². The van der Waals surface area contributed by atoms with Crippen LogP contribution < -0.4 is 0 Å². The molecule has 4 aromatic carbocycles. The molecule has 3 aliphatic rings. The zero-order valence-electron chi connectivity index (χ0n) is 20.7. The van der Waals surface area contributed by atoms with E-state index in [0.29, 0.717) is 11.8 Å². The fourth-order valence-electron chi connectivity index (χ4n) is 6.97. The highest BCUT2D eigenvalue weighted by Crippen LogP contribution is 2.53. The van der Waals surface area contributed by atoms with E-state index in [1.165, 1.54) is 55.7 Å². The molecule has 0 aromatic heterocycles. The third-order valence-electron chi connectivity index (χ3n) is 8.80. The molecular formula is C35H30. The maximum atomic E-state index is 2.52. The van der Waals surface area contributed by atoms with E-state index in [-0.39, 0.29) is 5.41 Å². The van der Waals surface area contributed by atoms with E-state index in [2.05, 4.69) is 124 Å². The summed E-state index contributed by atoms with van der Waals surface area (Å²) in [5, 5.41) is 0. The summed E-state index contributed by atoms with van der Waals surface area (Å²) in [4.78, 5) is 0. The minimum absolute atomic E-state index is 0.0500. The Morgan fingerprint density at radius 1 is 0.629 bits per heavy atom. The summed E-state index contributed by atoms with van der Waals surface area (Å²) < 4.78 is 0. The van der Waals surface area contributed by atoms with Gasteiger partial charge in [0.15, 0.2) is 0 Å². The number of fused-ring (bicyclic) bond motifs is 6. The van der Waals surface area contributed by atoms with Gasteiger partial charge >= 0.3 is 0 Å². The quantitative estimate of drug-likeness (QED) is 0.286. The van der Waals surface area contributed by atoms with Gasteiger partial charge < -0.3 is 0 Å². The molecule has 3 aliphatic carbocycles. The van der Waals surface area contributed by atoms with Gasteiger partial charge in [0.05, 0.1) is 0 Å². The standard InChI is InChI=1S/C35H30/c1-22-25(23-10-5-4-6-11-23)18-19-26(22)24-16-17-30-31-21-32-29(27-12-7-8-13-28(27)31)14-9-15-33(32)35(2,3)34(30)20-24/h4-20,22,31H,21H2,1-3H3. The average Bonchev–Trinajstić information content (AvgIpc) is 3.25. The molecule has 2 unspecified atom stereocenters. The van der Waals surface area contributed by atoms with Gasteiger partial charge in [-0.25, -0.2) is 0 Å². The molecule has 0 radical (unpaired) electrons. The molecule has 0 saturated carbocycles. The summed E-state index contributed by atoms with van der Waals surface area (Å²) in [6.07, 6.45) is 5.76. The van der Waals surface area contributed by atoms with Gasteiger partial charge in [-0.3, -0.25) is 0 Å². The Bertz CT molecular complexity index is 1540. The molecular weight excluding hydrogens is 420 g/mol. The van der Waals surface area contributed by atoms with Crippen LogP contribution in [0.15, 0.2) is 103 Å². The van der Waals surface area contributed by atoms with E-state index >= 15 is 0 Å². The fourth-order valence-corrected chi connectivity index (χ4v) is 6.97. The largest absolute Gasteiger partial charge is 0.0622 e.